The molecule has 1 aliphatic rings. The Morgan fingerprint density at radius 3 is 2.90 bits per heavy atom. The van der Waals surface area contributed by atoms with E-state index in [1.165, 1.54) is 16.7 Å². The number of hydrogen-bond donors (Lipinski definition) is 1. The summed E-state index contributed by atoms with van der Waals surface area (Å²) in [6.45, 7) is 3.70. The second kappa shape index (κ2) is 6.19. The van der Waals surface area contributed by atoms with Crippen LogP contribution in [0.3, 0.4) is 0 Å². The monoisotopic (exact) mass is 283 g/mol. The van der Waals surface area contributed by atoms with Crippen molar-refractivity contribution in [2.45, 2.75) is 25.9 Å². The van der Waals surface area contributed by atoms with Crippen LogP contribution in [0.15, 0.2) is 42.5 Å². The first-order valence-electron chi connectivity index (χ1n) is 7.36. The van der Waals surface area contributed by atoms with Gasteiger partial charge in [-0.1, -0.05) is 30.3 Å². The molecule has 0 aromatic heterocycles. The van der Waals surface area contributed by atoms with Crippen LogP contribution in [-0.2, 0) is 6.54 Å². The summed E-state index contributed by atoms with van der Waals surface area (Å²) in [5, 5.41) is 3.64. The number of aryl methyl sites for hydroxylation is 1. The molecule has 2 aromatic carbocycles. The Morgan fingerprint density at radius 1 is 1.24 bits per heavy atom. The van der Waals surface area contributed by atoms with Gasteiger partial charge in [-0.05, 0) is 30.2 Å². The molecule has 21 heavy (non-hydrogen) atoms. The van der Waals surface area contributed by atoms with Crippen molar-refractivity contribution in [3.05, 3.63) is 59.2 Å². The molecular formula is C18H21NO2. The molecule has 1 unspecified atom stereocenters. The van der Waals surface area contributed by atoms with Gasteiger partial charge in [-0.2, -0.15) is 0 Å². The summed E-state index contributed by atoms with van der Waals surface area (Å²) in [4.78, 5) is 0. The van der Waals surface area contributed by atoms with Gasteiger partial charge in [0.1, 0.15) is 11.5 Å². The van der Waals surface area contributed by atoms with E-state index in [9.17, 15) is 0 Å². The predicted molar refractivity (Wildman–Crippen MR) is 83.9 cm³/mol. The fraction of sp³-hybridized carbons (Fsp3) is 0.333. The zero-order chi connectivity index (χ0) is 14.7. The highest BCUT2D eigenvalue weighted by molar-refractivity contribution is 5.38. The fourth-order valence-corrected chi connectivity index (χ4v) is 2.85. The molecule has 0 aliphatic carbocycles. The SMILES string of the molecule is COc1ccc(CNC2CCOc3ccccc32)cc1C. The molecule has 0 saturated carbocycles. The van der Waals surface area contributed by atoms with E-state index in [1.54, 1.807) is 7.11 Å². The fourth-order valence-electron chi connectivity index (χ4n) is 2.85. The number of methoxy groups -OCH3 is 1. The Bertz CT molecular complexity index is 624. The lowest BCUT2D eigenvalue weighted by Gasteiger charge is -2.26. The van der Waals surface area contributed by atoms with Crippen molar-refractivity contribution in [2.75, 3.05) is 13.7 Å². The summed E-state index contributed by atoms with van der Waals surface area (Å²) in [6.07, 6.45) is 1.01. The average Bonchev–Trinajstić information content (AvgIpc) is 2.53. The van der Waals surface area contributed by atoms with Gasteiger partial charge >= 0.3 is 0 Å². The molecular weight excluding hydrogens is 262 g/mol. The van der Waals surface area contributed by atoms with Crippen molar-refractivity contribution in [3.63, 3.8) is 0 Å². The van der Waals surface area contributed by atoms with Crippen LogP contribution < -0.4 is 14.8 Å². The summed E-state index contributed by atoms with van der Waals surface area (Å²) in [5.74, 6) is 1.95. The molecule has 3 heteroatoms. The maximum Gasteiger partial charge on any atom is 0.124 e. The number of ether oxygens (including phenoxy) is 2. The molecule has 1 atom stereocenters. The van der Waals surface area contributed by atoms with E-state index in [-0.39, 0.29) is 0 Å². The normalized spacial score (nSPS) is 17.0. The minimum atomic E-state index is 0.359. The maximum atomic E-state index is 5.70. The number of fused-ring (bicyclic) bond motifs is 1. The van der Waals surface area contributed by atoms with Crippen LogP contribution in [0.1, 0.15) is 29.2 Å². The van der Waals surface area contributed by atoms with E-state index in [0.717, 1.165) is 31.1 Å². The summed E-state index contributed by atoms with van der Waals surface area (Å²) < 4.78 is 11.0. The lowest BCUT2D eigenvalue weighted by atomic mass is 10.00. The van der Waals surface area contributed by atoms with Gasteiger partial charge in [-0.3, -0.25) is 0 Å². The van der Waals surface area contributed by atoms with Crippen molar-refractivity contribution in [2.24, 2.45) is 0 Å². The topological polar surface area (TPSA) is 30.5 Å². The zero-order valence-corrected chi connectivity index (χ0v) is 12.6. The van der Waals surface area contributed by atoms with Crippen LogP contribution in [0.25, 0.3) is 0 Å². The Hall–Kier alpha value is -2.00. The Kier molecular flexibility index (Phi) is 4.11. The van der Waals surface area contributed by atoms with Crippen molar-refractivity contribution in [1.29, 1.82) is 0 Å². The summed E-state index contributed by atoms with van der Waals surface area (Å²) in [5.41, 5.74) is 3.70. The van der Waals surface area contributed by atoms with E-state index in [1.807, 2.05) is 18.2 Å². The largest absolute Gasteiger partial charge is 0.496 e. The predicted octanol–water partition coefficient (Wildman–Crippen LogP) is 3.62. The summed E-state index contributed by atoms with van der Waals surface area (Å²) in [7, 11) is 1.71. The van der Waals surface area contributed by atoms with E-state index in [4.69, 9.17) is 9.47 Å². The van der Waals surface area contributed by atoms with Gasteiger partial charge < -0.3 is 14.8 Å². The van der Waals surface area contributed by atoms with Crippen molar-refractivity contribution < 1.29 is 9.47 Å². The molecule has 2 aromatic rings. The van der Waals surface area contributed by atoms with Crippen LogP contribution in [0.5, 0.6) is 11.5 Å². The van der Waals surface area contributed by atoms with Crippen LogP contribution in [0, 0.1) is 6.92 Å². The molecule has 0 radical (unpaired) electrons. The molecule has 0 amide bonds. The highest BCUT2D eigenvalue weighted by atomic mass is 16.5. The highest BCUT2D eigenvalue weighted by Gasteiger charge is 2.20. The summed E-state index contributed by atoms with van der Waals surface area (Å²) in [6, 6.07) is 15.0. The minimum absolute atomic E-state index is 0.359. The Labute approximate surface area is 125 Å². The molecule has 0 fully saturated rings. The minimum Gasteiger partial charge on any atom is -0.496 e. The first kappa shape index (κ1) is 14.0. The first-order chi connectivity index (χ1) is 10.3. The number of rotatable bonds is 4. The number of nitrogens with one attached hydrogen (secondary N) is 1. The van der Waals surface area contributed by atoms with Gasteiger partial charge in [0.15, 0.2) is 0 Å². The van der Waals surface area contributed by atoms with E-state index < -0.39 is 0 Å². The van der Waals surface area contributed by atoms with Gasteiger partial charge in [0.05, 0.1) is 13.7 Å². The first-order valence-corrected chi connectivity index (χ1v) is 7.36. The van der Waals surface area contributed by atoms with Crippen molar-refractivity contribution in [3.8, 4) is 11.5 Å². The van der Waals surface area contributed by atoms with Gasteiger partial charge in [0.25, 0.3) is 0 Å². The van der Waals surface area contributed by atoms with Crippen LogP contribution in [-0.4, -0.2) is 13.7 Å². The van der Waals surface area contributed by atoms with Crippen LogP contribution in [0.4, 0.5) is 0 Å². The third-order valence-corrected chi connectivity index (χ3v) is 3.97. The molecule has 1 aliphatic heterocycles. The third kappa shape index (κ3) is 3.03. The number of para-hydroxylation sites is 1. The Morgan fingerprint density at radius 2 is 2.10 bits per heavy atom. The molecule has 3 rings (SSSR count). The lowest BCUT2D eigenvalue weighted by molar-refractivity contribution is 0.252. The molecule has 1 N–H and O–H groups in total. The maximum absolute atomic E-state index is 5.70. The standard InChI is InChI=1S/C18H21NO2/c1-13-11-14(7-8-17(13)20-2)12-19-16-9-10-21-18-6-4-3-5-15(16)18/h3-8,11,16,19H,9-10,12H2,1-2H3. The second-order valence-corrected chi connectivity index (χ2v) is 5.41. The van der Waals surface area contributed by atoms with Gasteiger partial charge in [0, 0.05) is 24.6 Å². The molecule has 0 saturated heterocycles. The van der Waals surface area contributed by atoms with Crippen molar-refractivity contribution >= 4 is 0 Å². The van der Waals surface area contributed by atoms with Gasteiger partial charge in [0.2, 0.25) is 0 Å². The van der Waals surface area contributed by atoms with E-state index in [2.05, 4.69) is 36.5 Å². The van der Waals surface area contributed by atoms with Gasteiger partial charge in [-0.25, -0.2) is 0 Å². The third-order valence-electron chi connectivity index (χ3n) is 3.97. The smallest absolute Gasteiger partial charge is 0.124 e. The van der Waals surface area contributed by atoms with Crippen molar-refractivity contribution in [1.82, 2.24) is 5.32 Å². The molecule has 0 spiro atoms. The zero-order valence-electron chi connectivity index (χ0n) is 12.6. The summed E-state index contributed by atoms with van der Waals surface area (Å²) >= 11 is 0. The molecule has 110 valence electrons. The lowest BCUT2D eigenvalue weighted by Crippen LogP contribution is -2.26. The number of hydrogen-bond acceptors (Lipinski definition) is 3. The van der Waals surface area contributed by atoms with Crippen LogP contribution in [0.2, 0.25) is 0 Å². The average molecular weight is 283 g/mol. The van der Waals surface area contributed by atoms with Crippen LogP contribution >= 0.6 is 0 Å². The second-order valence-electron chi connectivity index (χ2n) is 5.41. The Balaban J connectivity index is 1.70. The highest BCUT2D eigenvalue weighted by Crippen LogP contribution is 2.31. The van der Waals surface area contributed by atoms with Gasteiger partial charge in [-0.15, -0.1) is 0 Å². The van der Waals surface area contributed by atoms with E-state index in [0.29, 0.717) is 6.04 Å². The van der Waals surface area contributed by atoms with E-state index >= 15 is 0 Å². The quantitative estimate of drug-likeness (QED) is 0.929. The molecule has 1 heterocycles. The molecule has 3 nitrogen and oxygen atoms in total. The molecule has 0 bridgehead atoms. The number of benzene rings is 2.